The monoisotopic (exact) mass is 348 g/mol. The molecule has 1 atom stereocenters. The number of benzene rings is 1. The maximum Gasteiger partial charge on any atom is 0.237 e. The number of amides is 1. The van der Waals surface area contributed by atoms with Gasteiger partial charge in [-0.05, 0) is 44.0 Å². The highest BCUT2D eigenvalue weighted by Gasteiger charge is 2.21. The van der Waals surface area contributed by atoms with Crippen molar-refractivity contribution < 1.29 is 9.53 Å². The summed E-state index contributed by atoms with van der Waals surface area (Å²) in [6.45, 7) is 5.46. The van der Waals surface area contributed by atoms with Gasteiger partial charge in [0.2, 0.25) is 5.91 Å². The Morgan fingerprint density at radius 1 is 1.17 bits per heavy atom. The summed E-state index contributed by atoms with van der Waals surface area (Å²) in [7, 11) is 0. The SMILES string of the molecule is C[C@H](SC1CCCCC1)C(=O)Nc1ccc(N2CCOCC2)cc1. The molecule has 1 aliphatic heterocycles. The summed E-state index contributed by atoms with van der Waals surface area (Å²) in [6, 6.07) is 8.17. The van der Waals surface area contributed by atoms with E-state index in [1.165, 1.54) is 37.8 Å². The van der Waals surface area contributed by atoms with Crippen LogP contribution in [0.1, 0.15) is 39.0 Å². The second-order valence-electron chi connectivity index (χ2n) is 6.67. The number of morpholine rings is 1. The van der Waals surface area contributed by atoms with Gasteiger partial charge in [0.25, 0.3) is 0 Å². The fraction of sp³-hybridized carbons (Fsp3) is 0.632. The molecule has 1 saturated heterocycles. The van der Waals surface area contributed by atoms with E-state index in [4.69, 9.17) is 4.74 Å². The summed E-state index contributed by atoms with van der Waals surface area (Å²) in [5.74, 6) is 0.115. The van der Waals surface area contributed by atoms with Gasteiger partial charge in [0.1, 0.15) is 0 Å². The van der Waals surface area contributed by atoms with Gasteiger partial charge < -0.3 is 15.0 Å². The lowest BCUT2D eigenvalue weighted by Gasteiger charge is -2.29. The van der Waals surface area contributed by atoms with Crippen LogP contribution in [0.25, 0.3) is 0 Å². The Balaban J connectivity index is 1.50. The summed E-state index contributed by atoms with van der Waals surface area (Å²) in [6.07, 6.45) is 6.50. The molecule has 1 aliphatic carbocycles. The summed E-state index contributed by atoms with van der Waals surface area (Å²) in [5.41, 5.74) is 2.08. The minimum absolute atomic E-state index is 0.00650. The predicted octanol–water partition coefficient (Wildman–Crippen LogP) is 3.92. The molecule has 0 bridgehead atoms. The molecule has 1 aromatic carbocycles. The van der Waals surface area contributed by atoms with E-state index in [1.807, 2.05) is 30.8 Å². The zero-order valence-corrected chi connectivity index (χ0v) is 15.3. The van der Waals surface area contributed by atoms with Gasteiger partial charge in [-0.2, -0.15) is 0 Å². The third kappa shape index (κ3) is 4.90. The fourth-order valence-corrected chi connectivity index (χ4v) is 4.74. The molecular formula is C19H28N2O2S. The second-order valence-corrected chi connectivity index (χ2v) is 8.32. The van der Waals surface area contributed by atoms with Gasteiger partial charge in [0.05, 0.1) is 18.5 Å². The van der Waals surface area contributed by atoms with E-state index >= 15 is 0 Å². The van der Waals surface area contributed by atoms with E-state index in [0.29, 0.717) is 5.25 Å². The molecule has 132 valence electrons. The van der Waals surface area contributed by atoms with E-state index in [-0.39, 0.29) is 11.2 Å². The number of carbonyl (C=O) groups is 1. The van der Waals surface area contributed by atoms with Crippen LogP contribution < -0.4 is 10.2 Å². The Morgan fingerprint density at radius 3 is 2.50 bits per heavy atom. The van der Waals surface area contributed by atoms with Crippen LogP contribution in [-0.2, 0) is 9.53 Å². The molecule has 0 unspecified atom stereocenters. The lowest BCUT2D eigenvalue weighted by Crippen LogP contribution is -2.36. The average molecular weight is 349 g/mol. The van der Waals surface area contributed by atoms with Crippen molar-refractivity contribution in [3.05, 3.63) is 24.3 Å². The van der Waals surface area contributed by atoms with Crippen LogP contribution in [0.5, 0.6) is 0 Å². The molecule has 3 rings (SSSR count). The van der Waals surface area contributed by atoms with Crippen LogP contribution in [-0.4, -0.2) is 42.7 Å². The van der Waals surface area contributed by atoms with Crippen molar-refractivity contribution in [1.82, 2.24) is 0 Å². The third-order valence-corrected chi connectivity index (χ3v) is 6.31. The average Bonchev–Trinajstić information content (AvgIpc) is 2.64. The van der Waals surface area contributed by atoms with Gasteiger partial charge >= 0.3 is 0 Å². The maximum atomic E-state index is 12.4. The topological polar surface area (TPSA) is 41.6 Å². The van der Waals surface area contributed by atoms with Crippen molar-refractivity contribution in [3.8, 4) is 0 Å². The van der Waals surface area contributed by atoms with Gasteiger partial charge in [-0.3, -0.25) is 4.79 Å². The number of nitrogens with zero attached hydrogens (tertiary/aromatic N) is 1. The molecule has 1 amide bonds. The quantitative estimate of drug-likeness (QED) is 0.876. The minimum Gasteiger partial charge on any atom is -0.378 e. The minimum atomic E-state index is 0.00650. The highest BCUT2D eigenvalue weighted by Crippen LogP contribution is 2.31. The van der Waals surface area contributed by atoms with E-state index in [0.717, 1.165) is 32.0 Å². The highest BCUT2D eigenvalue weighted by atomic mass is 32.2. The largest absolute Gasteiger partial charge is 0.378 e. The molecule has 1 heterocycles. The summed E-state index contributed by atoms with van der Waals surface area (Å²) >= 11 is 1.84. The molecule has 1 saturated carbocycles. The molecule has 1 aromatic rings. The van der Waals surface area contributed by atoms with Crippen LogP contribution >= 0.6 is 11.8 Å². The van der Waals surface area contributed by atoms with E-state index < -0.39 is 0 Å². The number of nitrogens with one attached hydrogen (secondary N) is 1. The normalized spacial score (nSPS) is 20.6. The number of ether oxygens (including phenoxy) is 1. The van der Waals surface area contributed by atoms with Gasteiger partial charge in [-0.25, -0.2) is 0 Å². The lowest BCUT2D eigenvalue weighted by atomic mass is 10.0. The van der Waals surface area contributed by atoms with Crippen molar-refractivity contribution in [2.24, 2.45) is 0 Å². The van der Waals surface area contributed by atoms with Crippen molar-refractivity contribution >= 4 is 29.0 Å². The standard InChI is InChI=1S/C19H28N2O2S/c1-15(24-18-5-3-2-4-6-18)19(22)20-16-7-9-17(10-8-16)21-11-13-23-14-12-21/h7-10,15,18H,2-6,11-14H2,1H3,(H,20,22)/t15-/m0/s1. The van der Waals surface area contributed by atoms with E-state index in [9.17, 15) is 4.79 Å². The van der Waals surface area contributed by atoms with Crippen molar-refractivity contribution in [3.63, 3.8) is 0 Å². The Hall–Kier alpha value is -1.20. The summed E-state index contributed by atoms with van der Waals surface area (Å²) in [5, 5.41) is 3.72. The Bertz CT molecular complexity index is 523. The van der Waals surface area contributed by atoms with Crippen LogP contribution in [0.4, 0.5) is 11.4 Å². The molecular weight excluding hydrogens is 320 g/mol. The number of thioether (sulfide) groups is 1. The first-order chi connectivity index (χ1) is 11.7. The van der Waals surface area contributed by atoms with Crippen LogP contribution in [0.2, 0.25) is 0 Å². The molecule has 24 heavy (non-hydrogen) atoms. The van der Waals surface area contributed by atoms with Crippen LogP contribution in [0, 0.1) is 0 Å². The third-order valence-electron chi connectivity index (χ3n) is 4.83. The molecule has 0 aromatic heterocycles. The number of hydrogen-bond donors (Lipinski definition) is 1. The number of hydrogen-bond acceptors (Lipinski definition) is 4. The van der Waals surface area contributed by atoms with Crippen LogP contribution in [0.15, 0.2) is 24.3 Å². The summed E-state index contributed by atoms with van der Waals surface area (Å²) < 4.78 is 5.39. The zero-order valence-electron chi connectivity index (χ0n) is 14.5. The van der Waals surface area contributed by atoms with E-state index in [2.05, 4.69) is 22.3 Å². The molecule has 5 heteroatoms. The first-order valence-electron chi connectivity index (χ1n) is 9.11. The number of anilines is 2. The van der Waals surface area contributed by atoms with E-state index in [1.54, 1.807) is 0 Å². The van der Waals surface area contributed by atoms with Crippen molar-refractivity contribution in [2.45, 2.75) is 49.5 Å². The maximum absolute atomic E-state index is 12.4. The highest BCUT2D eigenvalue weighted by molar-refractivity contribution is 8.01. The Kier molecular flexibility index (Phi) is 6.44. The summed E-state index contributed by atoms with van der Waals surface area (Å²) in [4.78, 5) is 14.7. The first-order valence-corrected chi connectivity index (χ1v) is 10.1. The zero-order chi connectivity index (χ0) is 16.8. The van der Waals surface area contributed by atoms with Crippen LogP contribution in [0.3, 0.4) is 0 Å². The predicted molar refractivity (Wildman–Crippen MR) is 102 cm³/mol. The number of rotatable bonds is 5. The van der Waals surface area contributed by atoms with Gasteiger partial charge in [-0.15, -0.1) is 11.8 Å². The van der Waals surface area contributed by atoms with Gasteiger partial charge in [-0.1, -0.05) is 19.3 Å². The van der Waals surface area contributed by atoms with Crippen molar-refractivity contribution in [1.29, 1.82) is 0 Å². The second kappa shape index (κ2) is 8.77. The van der Waals surface area contributed by atoms with Gasteiger partial charge in [0.15, 0.2) is 0 Å². The fourth-order valence-electron chi connectivity index (χ4n) is 3.37. The van der Waals surface area contributed by atoms with Crippen molar-refractivity contribution in [2.75, 3.05) is 36.5 Å². The number of carbonyl (C=O) groups excluding carboxylic acids is 1. The first kappa shape index (κ1) is 17.6. The molecule has 1 N–H and O–H groups in total. The molecule has 0 radical (unpaired) electrons. The lowest BCUT2D eigenvalue weighted by molar-refractivity contribution is -0.115. The molecule has 4 nitrogen and oxygen atoms in total. The molecule has 2 aliphatic rings. The van der Waals surface area contributed by atoms with Gasteiger partial charge in [0, 0.05) is 29.7 Å². The Morgan fingerprint density at radius 2 is 1.83 bits per heavy atom. The molecule has 2 fully saturated rings. The molecule has 0 spiro atoms. The Labute approximate surface area is 149 Å². The smallest absolute Gasteiger partial charge is 0.237 e.